The topological polar surface area (TPSA) is 79.5 Å². The fraction of sp³-hybridized carbons (Fsp3) is 0.0833. The number of carbonyl (C=O) groups excluding carboxylic acids is 1. The molecule has 2 aromatic carbocycles. The molecule has 4 aromatic rings. The molecular formula is C24H19NO4S. The van der Waals surface area contributed by atoms with Crippen LogP contribution >= 0.6 is 11.3 Å². The lowest BCUT2D eigenvalue weighted by Gasteiger charge is -2.06. The van der Waals surface area contributed by atoms with Crippen molar-refractivity contribution in [2.75, 3.05) is 5.32 Å². The lowest BCUT2D eigenvalue weighted by atomic mass is 10.1. The van der Waals surface area contributed by atoms with Crippen molar-refractivity contribution in [3.63, 3.8) is 0 Å². The first-order valence-corrected chi connectivity index (χ1v) is 10.2. The van der Waals surface area contributed by atoms with E-state index in [9.17, 15) is 14.7 Å². The Balaban J connectivity index is 1.65. The molecule has 0 bridgehead atoms. The monoisotopic (exact) mass is 417 g/mol. The minimum Gasteiger partial charge on any atom is -0.478 e. The number of aryl methyl sites for hydroxylation is 2. The molecule has 30 heavy (non-hydrogen) atoms. The highest BCUT2D eigenvalue weighted by Gasteiger charge is 2.23. The Labute approximate surface area is 177 Å². The second kappa shape index (κ2) is 8.00. The molecule has 1 amide bonds. The number of hydrogen-bond donors (Lipinski definition) is 2. The molecule has 2 aromatic heterocycles. The highest BCUT2D eigenvalue weighted by molar-refractivity contribution is 7.14. The number of carboxylic acids is 1. The average Bonchev–Trinajstić information content (AvgIpc) is 3.33. The molecule has 0 saturated carbocycles. The number of amides is 1. The molecule has 0 unspecified atom stereocenters. The van der Waals surface area contributed by atoms with Gasteiger partial charge in [-0.3, -0.25) is 4.79 Å². The zero-order valence-electron chi connectivity index (χ0n) is 16.4. The number of hydrogen-bond acceptors (Lipinski definition) is 4. The van der Waals surface area contributed by atoms with E-state index in [1.807, 2.05) is 61.5 Å². The van der Waals surface area contributed by atoms with Crippen LogP contribution in [0.15, 0.2) is 70.5 Å². The van der Waals surface area contributed by atoms with Crippen LogP contribution in [0.3, 0.4) is 0 Å². The molecular weight excluding hydrogens is 398 g/mol. The summed E-state index contributed by atoms with van der Waals surface area (Å²) >= 11 is 1.29. The van der Waals surface area contributed by atoms with Gasteiger partial charge in [0.1, 0.15) is 17.1 Å². The van der Waals surface area contributed by atoms with Gasteiger partial charge >= 0.3 is 5.97 Å². The maximum atomic E-state index is 12.9. The average molecular weight is 417 g/mol. The summed E-state index contributed by atoms with van der Waals surface area (Å²) in [6.07, 6.45) is 0. The second-order valence-corrected chi connectivity index (χ2v) is 7.80. The van der Waals surface area contributed by atoms with E-state index in [2.05, 4.69) is 5.32 Å². The molecule has 0 atom stereocenters. The van der Waals surface area contributed by atoms with Gasteiger partial charge in [-0.1, -0.05) is 60.2 Å². The Morgan fingerprint density at radius 2 is 1.67 bits per heavy atom. The van der Waals surface area contributed by atoms with Gasteiger partial charge in [0.05, 0.1) is 16.1 Å². The number of thiophene rings is 1. The second-order valence-electron chi connectivity index (χ2n) is 6.93. The number of carboxylic acid groups (broad SMARTS) is 1. The Morgan fingerprint density at radius 3 is 2.33 bits per heavy atom. The fourth-order valence-corrected chi connectivity index (χ4v) is 4.22. The molecule has 5 nitrogen and oxygen atoms in total. The molecule has 0 aliphatic rings. The van der Waals surface area contributed by atoms with Crippen molar-refractivity contribution >= 4 is 28.9 Å². The van der Waals surface area contributed by atoms with Crippen molar-refractivity contribution in [2.45, 2.75) is 13.8 Å². The third-order valence-electron chi connectivity index (χ3n) is 4.79. The molecule has 0 aliphatic heterocycles. The summed E-state index contributed by atoms with van der Waals surface area (Å²) in [4.78, 5) is 25.4. The molecule has 0 spiro atoms. The molecule has 150 valence electrons. The van der Waals surface area contributed by atoms with E-state index in [1.54, 1.807) is 18.4 Å². The third-order valence-corrected chi connectivity index (χ3v) is 5.82. The number of furan rings is 1. The molecule has 0 aliphatic carbocycles. The van der Waals surface area contributed by atoms with E-state index in [4.69, 9.17) is 4.42 Å². The van der Waals surface area contributed by atoms with Crippen molar-refractivity contribution in [2.24, 2.45) is 0 Å². The quantitative estimate of drug-likeness (QED) is 0.403. The van der Waals surface area contributed by atoms with Crippen molar-refractivity contribution in [3.8, 4) is 21.8 Å². The standard InChI is InChI=1S/C24H19NO4S/c1-14-8-10-17(11-9-14)22-21(24(27)28)19(13-30-22)25-23(26)18-12-20(29-15(18)2)16-6-4-3-5-7-16/h3-13H,1-2H3,(H,25,26)(H,27,28). The summed E-state index contributed by atoms with van der Waals surface area (Å²) in [5.41, 5.74) is 3.48. The molecule has 2 heterocycles. The van der Waals surface area contributed by atoms with Crippen LogP contribution in [-0.4, -0.2) is 17.0 Å². The van der Waals surface area contributed by atoms with Crippen LogP contribution in [0, 0.1) is 13.8 Å². The number of aromatic carboxylic acids is 1. The highest BCUT2D eigenvalue weighted by atomic mass is 32.1. The molecule has 0 saturated heterocycles. The molecule has 0 fully saturated rings. The number of rotatable bonds is 5. The predicted octanol–water partition coefficient (Wildman–Crippen LogP) is 6.24. The smallest absolute Gasteiger partial charge is 0.339 e. The zero-order valence-corrected chi connectivity index (χ0v) is 17.2. The van der Waals surface area contributed by atoms with Crippen molar-refractivity contribution in [1.29, 1.82) is 0 Å². The molecule has 0 radical (unpaired) electrons. The largest absolute Gasteiger partial charge is 0.478 e. The van der Waals surface area contributed by atoms with Gasteiger partial charge in [0.15, 0.2) is 0 Å². The summed E-state index contributed by atoms with van der Waals surface area (Å²) in [6, 6.07) is 18.8. The Hall–Kier alpha value is -3.64. The number of carbonyl (C=O) groups is 2. The van der Waals surface area contributed by atoms with Crippen LogP contribution in [0.25, 0.3) is 21.8 Å². The van der Waals surface area contributed by atoms with Crippen LogP contribution in [-0.2, 0) is 0 Å². The molecule has 2 N–H and O–H groups in total. The van der Waals surface area contributed by atoms with Crippen LogP contribution in [0.2, 0.25) is 0 Å². The first-order valence-electron chi connectivity index (χ1n) is 9.33. The van der Waals surface area contributed by atoms with Crippen LogP contribution in [0.1, 0.15) is 32.0 Å². The van der Waals surface area contributed by atoms with E-state index in [0.717, 1.165) is 16.7 Å². The van der Waals surface area contributed by atoms with Crippen molar-refractivity contribution in [1.82, 2.24) is 0 Å². The highest BCUT2D eigenvalue weighted by Crippen LogP contribution is 2.37. The van der Waals surface area contributed by atoms with E-state index in [1.165, 1.54) is 11.3 Å². The maximum Gasteiger partial charge on any atom is 0.339 e. The van der Waals surface area contributed by atoms with Crippen LogP contribution < -0.4 is 5.32 Å². The van der Waals surface area contributed by atoms with E-state index in [-0.39, 0.29) is 11.3 Å². The van der Waals surface area contributed by atoms with E-state index >= 15 is 0 Å². The SMILES string of the molecule is Cc1ccc(-c2scc(NC(=O)c3cc(-c4ccccc4)oc3C)c2C(=O)O)cc1. The van der Waals surface area contributed by atoms with Gasteiger partial charge in [-0.15, -0.1) is 11.3 Å². The molecule has 4 rings (SSSR count). The first kappa shape index (κ1) is 19.7. The zero-order chi connectivity index (χ0) is 21.3. The first-order chi connectivity index (χ1) is 14.4. The minimum atomic E-state index is -1.09. The van der Waals surface area contributed by atoms with Gasteiger partial charge in [0, 0.05) is 10.9 Å². The van der Waals surface area contributed by atoms with E-state index < -0.39 is 11.9 Å². The predicted molar refractivity (Wildman–Crippen MR) is 118 cm³/mol. The normalized spacial score (nSPS) is 10.7. The van der Waals surface area contributed by atoms with Crippen LogP contribution in [0.5, 0.6) is 0 Å². The minimum absolute atomic E-state index is 0.0848. The lowest BCUT2D eigenvalue weighted by molar-refractivity contribution is 0.0699. The summed E-state index contributed by atoms with van der Waals surface area (Å²) in [6.45, 7) is 3.68. The van der Waals surface area contributed by atoms with Gasteiger partial charge in [-0.05, 0) is 25.5 Å². The number of nitrogens with one attached hydrogen (secondary N) is 1. The van der Waals surface area contributed by atoms with Crippen LogP contribution in [0.4, 0.5) is 5.69 Å². The van der Waals surface area contributed by atoms with E-state index in [0.29, 0.717) is 22.0 Å². The van der Waals surface area contributed by atoms with Gasteiger partial charge in [0.2, 0.25) is 0 Å². The summed E-state index contributed by atoms with van der Waals surface area (Å²) in [5, 5.41) is 14.2. The van der Waals surface area contributed by atoms with Crippen molar-refractivity contribution < 1.29 is 19.1 Å². The summed E-state index contributed by atoms with van der Waals surface area (Å²) in [5.74, 6) is -0.440. The van der Waals surface area contributed by atoms with Crippen molar-refractivity contribution in [3.05, 3.63) is 88.5 Å². The number of anilines is 1. The summed E-state index contributed by atoms with van der Waals surface area (Å²) < 4.78 is 5.75. The van der Waals surface area contributed by atoms with Gasteiger partial charge < -0.3 is 14.8 Å². The number of benzene rings is 2. The summed E-state index contributed by atoms with van der Waals surface area (Å²) in [7, 11) is 0. The van der Waals surface area contributed by atoms with Gasteiger partial charge in [-0.25, -0.2) is 4.79 Å². The Kier molecular flexibility index (Phi) is 5.25. The van der Waals surface area contributed by atoms with Gasteiger partial charge in [0.25, 0.3) is 5.91 Å². The lowest BCUT2D eigenvalue weighted by Crippen LogP contribution is -2.14. The molecule has 6 heteroatoms. The fourth-order valence-electron chi connectivity index (χ4n) is 3.22. The third kappa shape index (κ3) is 3.77. The van der Waals surface area contributed by atoms with Gasteiger partial charge in [-0.2, -0.15) is 0 Å². The Bertz CT molecular complexity index is 1220. The maximum absolute atomic E-state index is 12.9. The Morgan fingerprint density at radius 1 is 0.967 bits per heavy atom.